The first-order chi connectivity index (χ1) is 7.99. The van der Waals surface area contributed by atoms with Gasteiger partial charge in [0, 0.05) is 5.22 Å². The second-order valence-electron chi connectivity index (χ2n) is 5.36. The van der Waals surface area contributed by atoms with E-state index in [0.717, 1.165) is 5.22 Å². The summed E-state index contributed by atoms with van der Waals surface area (Å²) in [5, 5.41) is 2.39. The van der Waals surface area contributed by atoms with Crippen LogP contribution in [0.25, 0.3) is 11.8 Å². The minimum absolute atomic E-state index is 0.216. The lowest BCUT2D eigenvalue weighted by molar-refractivity contribution is 0.589. The minimum Gasteiger partial charge on any atom is -0.0696 e. The molecule has 0 bridgehead atoms. The third-order valence-electron chi connectivity index (χ3n) is 2.47. The summed E-state index contributed by atoms with van der Waals surface area (Å²) in [6.45, 7) is 10.9. The smallest absolute Gasteiger partial charge is 0.0321 e. The molecular weight excluding hydrogens is 204 g/mol. The molecule has 0 aromatic heterocycles. The van der Waals surface area contributed by atoms with Crippen LogP contribution in [0.15, 0.2) is 30.0 Å². The molecule has 1 aliphatic carbocycles. The van der Waals surface area contributed by atoms with E-state index in [-0.39, 0.29) is 5.41 Å². The lowest BCUT2D eigenvalue weighted by Crippen LogP contribution is -2.26. The van der Waals surface area contributed by atoms with E-state index in [1.54, 1.807) is 0 Å². The highest BCUT2D eigenvalue weighted by Crippen LogP contribution is 2.19. The van der Waals surface area contributed by atoms with E-state index >= 15 is 0 Å². The van der Waals surface area contributed by atoms with Crippen molar-refractivity contribution in [2.24, 2.45) is 0 Å². The van der Waals surface area contributed by atoms with E-state index in [0.29, 0.717) is 0 Å². The van der Waals surface area contributed by atoms with Crippen LogP contribution in [0.5, 0.6) is 0 Å². The Morgan fingerprint density at radius 2 is 1.76 bits per heavy atom. The fourth-order valence-electron chi connectivity index (χ4n) is 1.53. The fraction of sp³-hybridized carbons (Fsp3) is 0.412. The normalized spacial score (nSPS) is 11.8. The molecule has 0 radical (unpaired) electrons. The van der Waals surface area contributed by atoms with Gasteiger partial charge in [0.05, 0.1) is 0 Å². The lowest BCUT2D eigenvalue weighted by Gasteiger charge is -2.18. The van der Waals surface area contributed by atoms with Crippen LogP contribution in [0.2, 0.25) is 0 Å². The Morgan fingerprint density at radius 1 is 1.12 bits per heavy atom. The van der Waals surface area contributed by atoms with Gasteiger partial charge >= 0.3 is 0 Å². The zero-order valence-electron chi connectivity index (χ0n) is 11.6. The van der Waals surface area contributed by atoms with Gasteiger partial charge < -0.3 is 0 Å². The maximum Gasteiger partial charge on any atom is 0.0321 e. The standard InChI is InChI=1S/C14H14.C3H8/c1-14(2,3)13-9-8-11-6-4-5-7-12(11)10-13;1-3-2/h5,7-10H,1-3H3;3H2,1-2H3. The number of hydrogen-bond acceptors (Lipinski definition) is 0. The summed E-state index contributed by atoms with van der Waals surface area (Å²) in [6.07, 6.45) is 5.25. The Hall–Kier alpha value is -1.48. The Morgan fingerprint density at radius 3 is 2.35 bits per heavy atom. The molecule has 0 heteroatoms. The van der Waals surface area contributed by atoms with Crippen LogP contribution in [0.3, 0.4) is 0 Å². The van der Waals surface area contributed by atoms with Crippen molar-refractivity contribution in [3.63, 3.8) is 0 Å². The maximum absolute atomic E-state index is 3.10. The highest BCUT2D eigenvalue weighted by molar-refractivity contribution is 5.45. The fourth-order valence-corrected chi connectivity index (χ4v) is 1.53. The average Bonchev–Trinajstić information content (AvgIpc) is 2.28. The SMILES string of the molecule is CC(C)(C)c1ccc2c(c1)=CC=C=C=2.CCC. The third kappa shape index (κ3) is 3.79. The molecule has 0 N–H and O–H groups in total. The van der Waals surface area contributed by atoms with E-state index in [2.05, 4.69) is 70.4 Å². The van der Waals surface area contributed by atoms with E-state index in [1.165, 1.54) is 17.2 Å². The van der Waals surface area contributed by atoms with E-state index in [9.17, 15) is 0 Å². The molecule has 1 aromatic rings. The summed E-state index contributed by atoms with van der Waals surface area (Å²) >= 11 is 0. The Kier molecular flexibility index (Phi) is 4.58. The van der Waals surface area contributed by atoms with Crippen LogP contribution in [0, 0.1) is 0 Å². The van der Waals surface area contributed by atoms with Gasteiger partial charge in [-0.2, -0.15) is 0 Å². The van der Waals surface area contributed by atoms with Crippen LogP contribution in [-0.2, 0) is 5.41 Å². The number of fused-ring (bicyclic) bond motifs is 1. The molecule has 0 saturated carbocycles. The number of benzene rings is 1. The molecule has 17 heavy (non-hydrogen) atoms. The summed E-state index contributed by atoms with van der Waals surface area (Å²) in [7, 11) is 0. The van der Waals surface area contributed by atoms with Crippen LogP contribution in [0.1, 0.15) is 46.6 Å². The second-order valence-corrected chi connectivity index (χ2v) is 5.36. The minimum atomic E-state index is 0.216. The van der Waals surface area contributed by atoms with Gasteiger partial charge in [-0.15, -0.1) is 0 Å². The van der Waals surface area contributed by atoms with E-state index < -0.39 is 0 Å². The zero-order valence-corrected chi connectivity index (χ0v) is 11.6. The molecule has 0 spiro atoms. The molecule has 0 amide bonds. The summed E-state index contributed by atoms with van der Waals surface area (Å²) < 4.78 is 0. The van der Waals surface area contributed by atoms with Crippen molar-refractivity contribution in [2.75, 3.05) is 0 Å². The van der Waals surface area contributed by atoms with Gasteiger partial charge in [0.1, 0.15) is 0 Å². The van der Waals surface area contributed by atoms with Crippen molar-refractivity contribution in [1.29, 1.82) is 0 Å². The summed E-state index contributed by atoms with van der Waals surface area (Å²) in [4.78, 5) is 0. The number of allylic oxidation sites excluding steroid dienone is 1. The quantitative estimate of drug-likeness (QED) is 0.596. The van der Waals surface area contributed by atoms with Crippen molar-refractivity contribution < 1.29 is 0 Å². The molecule has 0 nitrogen and oxygen atoms in total. The van der Waals surface area contributed by atoms with Crippen molar-refractivity contribution in [3.8, 4) is 0 Å². The highest BCUT2D eigenvalue weighted by atomic mass is 14.2. The van der Waals surface area contributed by atoms with Crippen LogP contribution >= 0.6 is 0 Å². The first kappa shape index (κ1) is 13.6. The average molecular weight is 226 g/mol. The Labute approximate surface area is 105 Å². The van der Waals surface area contributed by atoms with Gasteiger partial charge in [-0.05, 0) is 40.5 Å². The molecule has 1 aromatic carbocycles. The van der Waals surface area contributed by atoms with Gasteiger partial charge in [-0.25, -0.2) is 0 Å². The molecule has 0 aliphatic heterocycles. The van der Waals surface area contributed by atoms with Crippen molar-refractivity contribution in [2.45, 2.75) is 46.5 Å². The first-order valence-electron chi connectivity index (χ1n) is 6.31. The Bertz CT molecular complexity index is 555. The molecule has 0 fully saturated rings. The highest BCUT2D eigenvalue weighted by Gasteiger charge is 2.12. The van der Waals surface area contributed by atoms with Crippen molar-refractivity contribution in [3.05, 3.63) is 46.0 Å². The molecule has 90 valence electrons. The predicted molar refractivity (Wildman–Crippen MR) is 76.3 cm³/mol. The van der Waals surface area contributed by atoms with Crippen molar-refractivity contribution >= 4 is 11.8 Å². The second kappa shape index (κ2) is 5.73. The van der Waals surface area contributed by atoms with Gasteiger partial charge in [-0.1, -0.05) is 58.6 Å². The molecule has 0 atom stereocenters. The molecule has 2 rings (SSSR count). The van der Waals surface area contributed by atoms with Crippen LogP contribution in [-0.4, -0.2) is 0 Å². The molecule has 0 saturated heterocycles. The maximum atomic E-state index is 3.10. The number of rotatable bonds is 0. The summed E-state index contributed by atoms with van der Waals surface area (Å²) in [5.74, 6) is 0. The lowest BCUT2D eigenvalue weighted by atomic mass is 9.86. The van der Waals surface area contributed by atoms with Crippen molar-refractivity contribution in [1.82, 2.24) is 0 Å². The topological polar surface area (TPSA) is 0 Å². The monoisotopic (exact) mass is 226 g/mol. The van der Waals surface area contributed by atoms with Gasteiger partial charge in [-0.3, -0.25) is 0 Å². The molecular formula is C17H22. The Balaban J connectivity index is 0.000000437. The molecule has 0 unspecified atom stereocenters. The molecule has 0 heterocycles. The van der Waals surface area contributed by atoms with Gasteiger partial charge in [0.25, 0.3) is 0 Å². The largest absolute Gasteiger partial charge is 0.0696 e. The van der Waals surface area contributed by atoms with Crippen LogP contribution < -0.4 is 10.4 Å². The summed E-state index contributed by atoms with van der Waals surface area (Å²) in [5.41, 5.74) is 7.65. The predicted octanol–water partition coefficient (Wildman–Crippen LogP) is 3.29. The number of hydrogen-bond donors (Lipinski definition) is 0. The molecule has 1 aliphatic rings. The van der Waals surface area contributed by atoms with Crippen LogP contribution in [0.4, 0.5) is 0 Å². The van der Waals surface area contributed by atoms with Gasteiger partial charge in [0.2, 0.25) is 0 Å². The van der Waals surface area contributed by atoms with E-state index in [4.69, 9.17) is 0 Å². The first-order valence-corrected chi connectivity index (χ1v) is 6.31. The van der Waals surface area contributed by atoms with E-state index in [1.807, 2.05) is 6.08 Å². The third-order valence-corrected chi connectivity index (χ3v) is 2.47. The zero-order chi connectivity index (χ0) is 12.9. The van der Waals surface area contributed by atoms with Gasteiger partial charge in [0.15, 0.2) is 0 Å². The summed E-state index contributed by atoms with van der Waals surface area (Å²) in [6, 6.07) is 6.53.